The number of nitrogens with one attached hydrogen (secondary N) is 2. The number of halogens is 2. The van der Waals surface area contributed by atoms with Gasteiger partial charge < -0.3 is 10.6 Å². The number of carbonyl (C=O) groups excluding carboxylic acids is 1. The topological polar surface area (TPSA) is 41.1 Å². The van der Waals surface area contributed by atoms with Crippen LogP contribution in [0.5, 0.6) is 0 Å². The first-order valence-electron chi connectivity index (χ1n) is 5.65. The molecule has 2 aromatic carbocycles. The molecule has 0 unspecified atom stereocenters. The maximum atomic E-state index is 12.2. The molecule has 3 nitrogen and oxygen atoms in total. The largest absolute Gasteiger partial charge is 0.387 e. The van der Waals surface area contributed by atoms with Gasteiger partial charge in [-0.25, -0.2) is 0 Å². The molecule has 0 saturated heterocycles. The lowest BCUT2D eigenvalue weighted by molar-refractivity contribution is 0.102. The molecule has 19 heavy (non-hydrogen) atoms. The zero-order valence-electron chi connectivity index (χ0n) is 10.2. The van der Waals surface area contributed by atoms with Crippen molar-refractivity contribution in [3.05, 3.63) is 57.5 Å². The van der Waals surface area contributed by atoms with Gasteiger partial charge in [-0.1, -0.05) is 29.8 Å². The molecule has 0 heterocycles. The molecule has 0 saturated carbocycles. The lowest BCUT2D eigenvalue weighted by atomic mass is 10.1. The van der Waals surface area contributed by atoms with Crippen LogP contribution in [0.1, 0.15) is 10.4 Å². The number of para-hydroxylation sites is 1. The van der Waals surface area contributed by atoms with Crippen LogP contribution in [0.4, 0.5) is 11.4 Å². The maximum absolute atomic E-state index is 12.2. The molecule has 0 aliphatic carbocycles. The third kappa shape index (κ3) is 3.08. The molecule has 0 aromatic heterocycles. The van der Waals surface area contributed by atoms with Crippen LogP contribution in [0.3, 0.4) is 0 Å². The molecule has 2 rings (SSSR count). The number of amides is 1. The summed E-state index contributed by atoms with van der Waals surface area (Å²) in [4.78, 5) is 12.2. The second-order valence-electron chi connectivity index (χ2n) is 3.85. The number of carbonyl (C=O) groups is 1. The predicted molar refractivity (Wildman–Crippen MR) is 83.1 cm³/mol. The highest BCUT2D eigenvalue weighted by Crippen LogP contribution is 2.30. The van der Waals surface area contributed by atoms with E-state index in [1.54, 1.807) is 31.3 Å². The van der Waals surface area contributed by atoms with Gasteiger partial charge in [-0.2, -0.15) is 0 Å². The van der Waals surface area contributed by atoms with E-state index in [4.69, 9.17) is 11.6 Å². The second-order valence-corrected chi connectivity index (χ2v) is 5.05. The van der Waals surface area contributed by atoms with Gasteiger partial charge in [0.2, 0.25) is 0 Å². The van der Waals surface area contributed by atoms with Gasteiger partial charge >= 0.3 is 0 Å². The van der Waals surface area contributed by atoms with Gasteiger partial charge in [0.25, 0.3) is 5.91 Å². The highest BCUT2D eigenvalue weighted by molar-refractivity contribution is 9.10. The summed E-state index contributed by atoms with van der Waals surface area (Å²) < 4.78 is 0.673. The van der Waals surface area contributed by atoms with E-state index in [2.05, 4.69) is 26.6 Å². The Bertz CT molecular complexity index is 616. The number of hydrogen-bond acceptors (Lipinski definition) is 2. The van der Waals surface area contributed by atoms with Gasteiger partial charge in [0, 0.05) is 12.7 Å². The van der Waals surface area contributed by atoms with Gasteiger partial charge in [0.1, 0.15) is 0 Å². The molecule has 98 valence electrons. The highest BCUT2D eigenvalue weighted by atomic mass is 79.9. The molecule has 0 bridgehead atoms. The Labute approximate surface area is 125 Å². The summed E-state index contributed by atoms with van der Waals surface area (Å²) in [6.45, 7) is 0. The van der Waals surface area contributed by atoms with Crippen molar-refractivity contribution in [1.29, 1.82) is 0 Å². The molecule has 5 heteroatoms. The van der Waals surface area contributed by atoms with Crippen LogP contribution < -0.4 is 10.6 Å². The van der Waals surface area contributed by atoms with Crippen LogP contribution >= 0.6 is 27.5 Å². The van der Waals surface area contributed by atoms with E-state index in [0.717, 1.165) is 5.69 Å². The van der Waals surface area contributed by atoms with E-state index in [9.17, 15) is 4.79 Å². The van der Waals surface area contributed by atoms with Crippen LogP contribution in [0.15, 0.2) is 46.9 Å². The van der Waals surface area contributed by atoms with Gasteiger partial charge in [-0.05, 0) is 40.2 Å². The Morgan fingerprint density at radius 3 is 2.53 bits per heavy atom. The molecular formula is C14H12BrClN2O. The Morgan fingerprint density at radius 2 is 1.79 bits per heavy atom. The molecule has 0 atom stereocenters. The van der Waals surface area contributed by atoms with Gasteiger partial charge in [0.15, 0.2) is 0 Å². The fraction of sp³-hybridized carbons (Fsp3) is 0.0714. The van der Waals surface area contributed by atoms with Crippen molar-refractivity contribution < 1.29 is 4.79 Å². The molecule has 0 radical (unpaired) electrons. The first kappa shape index (κ1) is 13.9. The standard InChI is InChI=1S/C14H12BrClN2O/c1-17-11-7-3-2-5-9(11)14(19)18-12-8-4-6-10(16)13(12)15/h2-8,17H,1H3,(H,18,19). The van der Waals surface area contributed by atoms with E-state index in [1.807, 2.05) is 18.2 Å². The first-order chi connectivity index (χ1) is 9.13. The molecule has 1 amide bonds. The van der Waals surface area contributed by atoms with E-state index in [-0.39, 0.29) is 5.91 Å². The smallest absolute Gasteiger partial charge is 0.257 e. The summed E-state index contributed by atoms with van der Waals surface area (Å²) in [5.41, 5.74) is 2.00. The van der Waals surface area contributed by atoms with Crippen LogP contribution in [-0.4, -0.2) is 13.0 Å². The van der Waals surface area contributed by atoms with Crippen LogP contribution in [-0.2, 0) is 0 Å². The predicted octanol–water partition coefficient (Wildman–Crippen LogP) is 4.40. The van der Waals surface area contributed by atoms with E-state index in [1.165, 1.54) is 0 Å². The Kier molecular flexibility index (Phi) is 4.45. The number of benzene rings is 2. The molecule has 2 N–H and O–H groups in total. The minimum Gasteiger partial charge on any atom is -0.387 e. The molecule has 2 aromatic rings. The summed E-state index contributed by atoms with van der Waals surface area (Å²) >= 11 is 9.35. The van der Waals surface area contributed by atoms with Crippen molar-refractivity contribution in [3.63, 3.8) is 0 Å². The summed E-state index contributed by atoms with van der Waals surface area (Å²) in [6, 6.07) is 12.6. The first-order valence-corrected chi connectivity index (χ1v) is 6.82. The Morgan fingerprint density at radius 1 is 1.11 bits per heavy atom. The zero-order valence-corrected chi connectivity index (χ0v) is 12.5. The summed E-state index contributed by atoms with van der Waals surface area (Å²) in [6.07, 6.45) is 0. The fourth-order valence-electron chi connectivity index (χ4n) is 1.69. The average Bonchev–Trinajstić information content (AvgIpc) is 2.43. The van der Waals surface area contributed by atoms with E-state index in [0.29, 0.717) is 20.7 Å². The van der Waals surface area contributed by atoms with Gasteiger partial charge in [-0.15, -0.1) is 0 Å². The van der Waals surface area contributed by atoms with Gasteiger partial charge in [-0.3, -0.25) is 4.79 Å². The molecule has 0 aliphatic rings. The van der Waals surface area contributed by atoms with Crippen LogP contribution in [0.25, 0.3) is 0 Å². The highest BCUT2D eigenvalue weighted by Gasteiger charge is 2.12. The third-order valence-electron chi connectivity index (χ3n) is 2.64. The van der Waals surface area contributed by atoms with Crippen LogP contribution in [0, 0.1) is 0 Å². The molecule has 0 fully saturated rings. The lowest BCUT2D eigenvalue weighted by Crippen LogP contribution is -2.14. The molecule has 0 aliphatic heterocycles. The van der Waals surface area contributed by atoms with Crippen LogP contribution in [0.2, 0.25) is 5.02 Å². The zero-order chi connectivity index (χ0) is 13.8. The Hall–Kier alpha value is -1.52. The number of rotatable bonds is 3. The van der Waals surface area contributed by atoms with Gasteiger partial charge in [0.05, 0.1) is 20.7 Å². The van der Waals surface area contributed by atoms with Crippen molar-refractivity contribution in [3.8, 4) is 0 Å². The lowest BCUT2D eigenvalue weighted by Gasteiger charge is -2.11. The fourth-order valence-corrected chi connectivity index (χ4v) is 2.23. The van der Waals surface area contributed by atoms with Crippen molar-refractivity contribution in [2.45, 2.75) is 0 Å². The summed E-state index contributed by atoms with van der Waals surface area (Å²) in [5.74, 6) is -0.187. The number of anilines is 2. The number of hydrogen-bond donors (Lipinski definition) is 2. The van der Waals surface area contributed by atoms with Crippen molar-refractivity contribution in [2.75, 3.05) is 17.7 Å². The second kappa shape index (κ2) is 6.08. The summed E-state index contributed by atoms with van der Waals surface area (Å²) in [7, 11) is 1.78. The average molecular weight is 340 g/mol. The van der Waals surface area contributed by atoms with E-state index >= 15 is 0 Å². The normalized spacial score (nSPS) is 10.1. The minimum absolute atomic E-state index is 0.187. The van der Waals surface area contributed by atoms with Crippen molar-refractivity contribution >= 4 is 44.8 Å². The van der Waals surface area contributed by atoms with Crippen molar-refractivity contribution in [1.82, 2.24) is 0 Å². The minimum atomic E-state index is -0.187. The van der Waals surface area contributed by atoms with E-state index < -0.39 is 0 Å². The van der Waals surface area contributed by atoms with Crippen molar-refractivity contribution in [2.24, 2.45) is 0 Å². The molecule has 0 spiro atoms. The quantitative estimate of drug-likeness (QED) is 0.870. The Balaban J connectivity index is 2.28. The maximum Gasteiger partial charge on any atom is 0.257 e. The third-order valence-corrected chi connectivity index (χ3v) is 4.04. The molecular weight excluding hydrogens is 328 g/mol. The SMILES string of the molecule is CNc1ccccc1C(=O)Nc1cccc(Cl)c1Br. The summed E-state index contributed by atoms with van der Waals surface area (Å²) in [5, 5.41) is 6.38. The monoisotopic (exact) mass is 338 g/mol.